The summed E-state index contributed by atoms with van der Waals surface area (Å²) in [4.78, 5) is 51.7. The number of carbonyl (C=O) groups is 4. The van der Waals surface area contributed by atoms with Crippen molar-refractivity contribution in [1.29, 1.82) is 5.26 Å². The normalized spacial score (nSPS) is 27.5. The fourth-order valence-electron chi connectivity index (χ4n) is 5.59. The van der Waals surface area contributed by atoms with Gasteiger partial charge in [-0.15, -0.1) is 0 Å². The number of hydrogen-bond donors (Lipinski definition) is 3. The summed E-state index contributed by atoms with van der Waals surface area (Å²) in [5.74, 6) is -4.70. The first-order valence-corrected chi connectivity index (χ1v) is 12.0. The summed E-state index contributed by atoms with van der Waals surface area (Å²) in [5, 5.41) is 20.5. The average molecular weight is 524 g/mol. The predicted octanol–water partition coefficient (Wildman–Crippen LogP) is -0.0522. The first-order chi connectivity index (χ1) is 17.3. The highest BCUT2D eigenvalue weighted by molar-refractivity contribution is 5.94. The van der Waals surface area contributed by atoms with Crippen molar-refractivity contribution in [2.24, 2.45) is 23.2 Å². The van der Waals surface area contributed by atoms with Crippen LogP contribution in [0.1, 0.15) is 26.7 Å². The van der Waals surface area contributed by atoms with Gasteiger partial charge in [0, 0.05) is 31.4 Å². The van der Waals surface area contributed by atoms with Crippen molar-refractivity contribution < 1.29 is 32.3 Å². The average Bonchev–Trinajstić information content (AvgIpc) is 3.38. The highest BCUT2D eigenvalue weighted by Gasteiger charge is 2.69. The second-order valence-electron chi connectivity index (χ2n) is 10.3. The van der Waals surface area contributed by atoms with Gasteiger partial charge in [0.15, 0.2) is 0 Å². The van der Waals surface area contributed by atoms with Crippen molar-refractivity contribution in [2.75, 3.05) is 13.1 Å². The van der Waals surface area contributed by atoms with Crippen molar-refractivity contribution >= 4 is 23.6 Å². The van der Waals surface area contributed by atoms with E-state index in [-0.39, 0.29) is 42.7 Å². The minimum atomic E-state index is -5.21. The summed E-state index contributed by atoms with van der Waals surface area (Å²) in [6, 6.07) is -0.146. The maximum Gasteiger partial charge on any atom is 0.471 e. The zero-order chi connectivity index (χ0) is 27.1. The fraction of sp³-hybridized carbons (Fsp3) is 0.652. The molecule has 2 unspecified atom stereocenters. The molecule has 14 heteroatoms. The molecule has 3 aliphatic rings. The number of nitrogens with zero attached hydrogens (tertiary/aromatic N) is 4. The van der Waals surface area contributed by atoms with Crippen LogP contribution < -0.4 is 16.0 Å². The molecule has 0 aromatic carbocycles. The SMILES string of the molecule is CC1(C)C2CN(C(=O)[C@H](Cn3cccn3)NC(=O)C(F)(F)F)[C@H](C(=O)N[C@H](C#N)C[C@@H]3CCNC3=O)C21. The highest BCUT2D eigenvalue weighted by atomic mass is 19.4. The van der Waals surface area contributed by atoms with Crippen molar-refractivity contribution in [3.8, 4) is 6.07 Å². The molecular formula is C23H28F3N7O4. The number of aromatic nitrogens is 2. The van der Waals surface area contributed by atoms with Crippen molar-refractivity contribution in [3.63, 3.8) is 0 Å². The summed E-state index contributed by atoms with van der Waals surface area (Å²) < 4.78 is 40.2. The molecule has 0 bridgehead atoms. The smallest absolute Gasteiger partial charge is 0.356 e. The molecule has 1 aromatic rings. The van der Waals surface area contributed by atoms with Crippen LogP contribution in [-0.2, 0) is 25.7 Å². The van der Waals surface area contributed by atoms with E-state index in [9.17, 15) is 37.6 Å². The number of rotatable bonds is 8. The van der Waals surface area contributed by atoms with E-state index in [1.54, 1.807) is 5.32 Å². The van der Waals surface area contributed by atoms with E-state index in [0.29, 0.717) is 13.0 Å². The van der Waals surface area contributed by atoms with E-state index in [1.165, 1.54) is 28.0 Å². The Hall–Kier alpha value is -3.63. The quantitative estimate of drug-likeness (QED) is 0.435. The van der Waals surface area contributed by atoms with E-state index in [4.69, 9.17) is 0 Å². The molecule has 4 amide bonds. The number of hydrogen-bond acceptors (Lipinski definition) is 6. The predicted molar refractivity (Wildman–Crippen MR) is 120 cm³/mol. The van der Waals surface area contributed by atoms with Crippen LogP contribution in [-0.4, -0.2) is 75.7 Å². The molecule has 1 aliphatic carbocycles. The number of carbonyl (C=O) groups excluding carboxylic acids is 4. The molecule has 3 heterocycles. The monoisotopic (exact) mass is 523 g/mol. The molecule has 6 atom stereocenters. The Labute approximate surface area is 210 Å². The Morgan fingerprint density at radius 1 is 1.32 bits per heavy atom. The van der Waals surface area contributed by atoms with Crippen molar-refractivity contribution in [1.82, 2.24) is 30.6 Å². The minimum Gasteiger partial charge on any atom is -0.356 e. The number of alkyl halides is 3. The van der Waals surface area contributed by atoms with Gasteiger partial charge in [-0.25, -0.2) is 0 Å². The summed E-state index contributed by atoms with van der Waals surface area (Å²) >= 11 is 0. The van der Waals surface area contributed by atoms with Crippen LogP contribution in [0, 0.1) is 34.5 Å². The molecule has 1 aromatic heterocycles. The zero-order valence-corrected chi connectivity index (χ0v) is 20.3. The molecular weight excluding hydrogens is 495 g/mol. The molecule has 0 spiro atoms. The first-order valence-electron chi connectivity index (χ1n) is 12.0. The van der Waals surface area contributed by atoms with Crippen molar-refractivity contribution in [2.45, 2.75) is 57.5 Å². The molecule has 4 rings (SSSR count). The Bertz CT molecular complexity index is 1110. The molecule has 11 nitrogen and oxygen atoms in total. The number of fused-ring (bicyclic) bond motifs is 1. The van der Waals surface area contributed by atoms with Crippen LogP contribution in [0.4, 0.5) is 13.2 Å². The Morgan fingerprint density at radius 3 is 2.62 bits per heavy atom. The van der Waals surface area contributed by atoms with Crippen LogP contribution in [0.5, 0.6) is 0 Å². The first kappa shape index (κ1) is 26.4. The maximum absolute atomic E-state index is 13.5. The Morgan fingerprint density at radius 2 is 2.05 bits per heavy atom. The van der Waals surface area contributed by atoms with Crippen LogP contribution in [0.15, 0.2) is 18.5 Å². The second-order valence-corrected chi connectivity index (χ2v) is 10.3. The van der Waals surface area contributed by atoms with Gasteiger partial charge < -0.3 is 20.9 Å². The standard InChI is InChI=1S/C23H28F3N7O4/c1-22(2)14-10-33(20(36)15(11-32-7-3-5-29-32)31-21(37)23(24,25)26)17(16(14)22)19(35)30-13(9-27)8-12-4-6-28-18(12)34/h3,5,7,12-17H,4,6,8,10-11H2,1-2H3,(H,28,34)(H,30,35)(H,31,37)/t12-,13-,14?,15-,16?,17-/m0/s1. The molecule has 3 fully saturated rings. The third kappa shape index (κ3) is 5.26. The summed E-state index contributed by atoms with van der Waals surface area (Å²) in [7, 11) is 0. The number of nitriles is 1. The van der Waals surface area contributed by atoms with Gasteiger partial charge >= 0.3 is 12.1 Å². The molecule has 200 valence electrons. The lowest BCUT2D eigenvalue weighted by Gasteiger charge is -2.33. The molecule has 2 saturated heterocycles. The molecule has 37 heavy (non-hydrogen) atoms. The summed E-state index contributed by atoms with van der Waals surface area (Å²) in [6.45, 7) is 4.10. The van der Waals surface area contributed by atoms with E-state index >= 15 is 0 Å². The lowest BCUT2D eigenvalue weighted by molar-refractivity contribution is -0.175. The van der Waals surface area contributed by atoms with E-state index in [2.05, 4.69) is 15.7 Å². The number of piperidine rings is 1. The molecule has 1 saturated carbocycles. The molecule has 3 N–H and O–H groups in total. The number of amides is 4. The largest absolute Gasteiger partial charge is 0.471 e. The topological polar surface area (TPSA) is 149 Å². The second kappa shape index (κ2) is 9.68. The van der Waals surface area contributed by atoms with Gasteiger partial charge in [0.1, 0.15) is 18.1 Å². The van der Waals surface area contributed by atoms with E-state index < -0.39 is 47.9 Å². The van der Waals surface area contributed by atoms with Crippen molar-refractivity contribution in [3.05, 3.63) is 18.5 Å². The van der Waals surface area contributed by atoms with E-state index in [1.807, 2.05) is 19.9 Å². The van der Waals surface area contributed by atoms with E-state index in [0.717, 1.165) is 0 Å². The van der Waals surface area contributed by atoms with Gasteiger partial charge in [0.05, 0.1) is 12.6 Å². The van der Waals surface area contributed by atoms with Crippen LogP contribution >= 0.6 is 0 Å². The third-order valence-electron chi connectivity index (χ3n) is 7.71. The lowest BCUT2D eigenvalue weighted by Crippen LogP contribution is -2.58. The van der Waals surface area contributed by atoms with Gasteiger partial charge in [-0.3, -0.25) is 23.9 Å². The fourth-order valence-corrected chi connectivity index (χ4v) is 5.59. The van der Waals surface area contributed by atoms with Gasteiger partial charge in [-0.2, -0.15) is 23.5 Å². The van der Waals surface area contributed by atoms with Crippen LogP contribution in [0.25, 0.3) is 0 Å². The Balaban J connectivity index is 1.53. The lowest BCUT2D eigenvalue weighted by atomic mass is 9.97. The summed E-state index contributed by atoms with van der Waals surface area (Å²) in [5.41, 5.74) is -0.293. The van der Waals surface area contributed by atoms with Crippen LogP contribution in [0.2, 0.25) is 0 Å². The highest BCUT2D eigenvalue weighted by Crippen LogP contribution is 2.64. The third-order valence-corrected chi connectivity index (χ3v) is 7.71. The van der Waals surface area contributed by atoms with Gasteiger partial charge in [0.25, 0.3) is 0 Å². The Kier molecular flexibility index (Phi) is 6.91. The maximum atomic E-state index is 13.5. The number of nitrogens with one attached hydrogen (secondary N) is 3. The zero-order valence-electron chi connectivity index (χ0n) is 20.3. The molecule has 0 radical (unpaired) electrons. The number of likely N-dealkylation sites (tertiary alicyclic amines) is 1. The van der Waals surface area contributed by atoms with Gasteiger partial charge in [-0.1, -0.05) is 13.8 Å². The number of halogens is 3. The van der Waals surface area contributed by atoms with Crippen LogP contribution in [0.3, 0.4) is 0 Å². The van der Waals surface area contributed by atoms with Gasteiger partial charge in [-0.05, 0) is 36.2 Å². The van der Waals surface area contributed by atoms with Gasteiger partial charge in [0.2, 0.25) is 17.7 Å². The minimum absolute atomic E-state index is 0.0722. The summed E-state index contributed by atoms with van der Waals surface area (Å²) in [6.07, 6.45) is -1.75. The molecule has 2 aliphatic heterocycles.